The largest absolute Gasteiger partial charge is 0.508 e. The van der Waals surface area contributed by atoms with Gasteiger partial charge in [0.1, 0.15) is 18.1 Å². The van der Waals surface area contributed by atoms with E-state index in [4.69, 9.17) is 4.74 Å². The molecule has 0 amide bonds. The number of hydrogen-bond donors (Lipinski definition) is 2. The average Bonchev–Trinajstić information content (AvgIpc) is 2.87. The molecule has 0 bridgehead atoms. The summed E-state index contributed by atoms with van der Waals surface area (Å²) in [6, 6.07) is 9.84. The van der Waals surface area contributed by atoms with E-state index < -0.39 is 11.7 Å². The number of alkyl halides is 3. The molecule has 0 aliphatic carbocycles. The fourth-order valence-corrected chi connectivity index (χ4v) is 2.27. The zero-order valence-electron chi connectivity index (χ0n) is 11.3. The first-order valence-corrected chi connectivity index (χ1v) is 6.53. The molecule has 0 atom stereocenters. The number of hydrogen-bond acceptors (Lipinski definition) is 2. The number of halogens is 3. The summed E-state index contributed by atoms with van der Waals surface area (Å²) in [5.74, 6) is -0.131. The third-order valence-electron chi connectivity index (χ3n) is 3.33. The second kappa shape index (κ2) is 5.29. The standard InChI is InChI=1S/C16H12F3NO2/c17-16(18,19)13-3-1-2-4-15(13)22-9-10-8-20-14-6-5-11(21)7-12(10)14/h1-8,20-21H,9H2. The molecule has 0 aliphatic rings. The van der Waals surface area contributed by atoms with Crippen LogP contribution >= 0.6 is 0 Å². The van der Waals surface area contributed by atoms with E-state index in [9.17, 15) is 18.3 Å². The lowest BCUT2D eigenvalue weighted by Crippen LogP contribution is -2.08. The van der Waals surface area contributed by atoms with Crippen molar-refractivity contribution in [2.75, 3.05) is 0 Å². The Bertz CT molecular complexity index is 809. The number of rotatable bonds is 3. The maximum atomic E-state index is 12.9. The van der Waals surface area contributed by atoms with E-state index in [0.29, 0.717) is 10.9 Å². The number of aromatic hydroxyl groups is 1. The van der Waals surface area contributed by atoms with Crippen molar-refractivity contribution in [3.63, 3.8) is 0 Å². The number of phenols is 1. The molecular formula is C16H12F3NO2. The van der Waals surface area contributed by atoms with Crippen LogP contribution in [0.5, 0.6) is 11.5 Å². The van der Waals surface area contributed by atoms with Crippen LogP contribution in [0.15, 0.2) is 48.7 Å². The molecule has 6 heteroatoms. The van der Waals surface area contributed by atoms with Crippen molar-refractivity contribution in [1.29, 1.82) is 0 Å². The van der Waals surface area contributed by atoms with Gasteiger partial charge in [-0.1, -0.05) is 12.1 Å². The number of para-hydroxylation sites is 1. The van der Waals surface area contributed by atoms with Gasteiger partial charge in [-0.15, -0.1) is 0 Å². The van der Waals surface area contributed by atoms with Gasteiger partial charge in [-0.3, -0.25) is 0 Å². The Balaban J connectivity index is 1.87. The molecule has 114 valence electrons. The van der Waals surface area contributed by atoms with Crippen LogP contribution in [0.4, 0.5) is 13.2 Å². The number of aromatic nitrogens is 1. The molecule has 2 N–H and O–H groups in total. The Kier molecular flexibility index (Phi) is 3.44. The number of phenolic OH excluding ortho intramolecular Hbond substituents is 1. The second-order valence-corrected chi connectivity index (χ2v) is 4.83. The van der Waals surface area contributed by atoms with Crippen LogP contribution in [0.3, 0.4) is 0 Å². The Labute approximate surface area is 124 Å². The summed E-state index contributed by atoms with van der Waals surface area (Å²) in [6.07, 6.45) is -2.81. The molecule has 3 aromatic rings. The number of nitrogens with one attached hydrogen (secondary N) is 1. The van der Waals surface area contributed by atoms with Crippen LogP contribution in [-0.4, -0.2) is 10.1 Å². The van der Waals surface area contributed by atoms with E-state index in [1.165, 1.54) is 24.3 Å². The zero-order chi connectivity index (χ0) is 15.7. The van der Waals surface area contributed by atoms with Gasteiger partial charge >= 0.3 is 6.18 Å². The molecule has 0 spiro atoms. The van der Waals surface area contributed by atoms with Crippen molar-refractivity contribution in [2.24, 2.45) is 0 Å². The summed E-state index contributed by atoms with van der Waals surface area (Å²) < 4.78 is 44.0. The van der Waals surface area contributed by atoms with Crippen molar-refractivity contribution in [1.82, 2.24) is 4.98 Å². The van der Waals surface area contributed by atoms with Crippen LogP contribution in [-0.2, 0) is 12.8 Å². The molecule has 1 heterocycles. The van der Waals surface area contributed by atoms with Crippen molar-refractivity contribution >= 4 is 10.9 Å². The highest BCUT2D eigenvalue weighted by molar-refractivity contribution is 5.84. The summed E-state index contributed by atoms with van der Waals surface area (Å²) in [6.45, 7) is -0.0312. The quantitative estimate of drug-likeness (QED) is 0.750. The molecule has 0 saturated carbocycles. The Morgan fingerprint density at radius 2 is 1.86 bits per heavy atom. The molecule has 3 rings (SSSR count). The highest BCUT2D eigenvalue weighted by Gasteiger charge is 2.34. The first-order valence-electron chi connectivity index (χ1n) is 6.53. The summed E-state index contributed by atoms with van der Waals surface area (Å²) in [5.41, 5.74) is 0.640. The van der Waals surface area contributed by atoms with E-state index in [0.717, 1.165) is 11.6 Å². The average molecular weight is 307 g/mol. The molecule has 1 aromatic heterocycles. The molecular weight excluding hydrogens is 295 g/mol. The lowest BCUT2D eigenvalue weighted by molar-refractivity contribution is -0.139. The van der Waals surface area contributed by atoms with Gasteiger partial charge in [0.2, 0.25) is 0 Å². The summed E-state index contributed by atoms with van der Waals surface area (Å²) in [5, 5.41) is 10.2. The smallest absolute Gasteiger partial charge is 0.419 e. The Morgan fingerprint density at radius 1 is 1.09 bits per heavy atom. The lowest BCUT2D eigenvalue weighted by Gasteiger charge is -2.13. The van der Waals surface area contributed by atoms with Gasteiger partial charge in [0.05, 0.1) is 5.56 Å². The predicted molar refractivity (Wildman–Crippen MR) is 75.7 cm³/mol. The van der Waals surface area contributed by atoms with E-state index in [2.05, 4.69) is 4.98 Å². The van der Waals surface area contributed by atoms with Crippen LogP contribution in [0, 0.1) is 0 Å². The lowest BCUT2D eigenvalue weighted by atomic mass is 10.1. The monoisotopic (exact) mass is 307 g/mol. The van der Waals surface area contributed by atoms with Gasteiger partial charge in [0.25, 0.3) is 0 Å². The minimum Gasteiger partial charge on any atom is -0.508 e. The van der Waals surface area contributed by atoms with Crippen molar-refractivity contribution < 1.29 is 23.0 Å². The normalized spacial score (nSPS) is 11.8. The molecule has 22 heavy (non-hydrogen) atoms. The number of H-pyrrole nitrogens is 1. The Hall–Kier alpha value is -2.63. The Morgan fingerprint density at radius 3 is 2.64 bits per heavy atom. The third kappa shape index (κ3) is 2.72. The van der Waals surface area contributed by atoms with Crippen LogP contribution in [0.25, 0.3) is 10.9 Å². The number of benzene rings is 2. The van der Waals surface area contributed by atoms with Gasteiger partial charge < -0.3 is 14.8 Å². The number of aromatic amines is 1. The van der Waals surface area contributed by atoms with Gasteiger partial charge in [0.15, 0.2) is 0 Å². The van der Waals surface area contributed by atoms with Crippen molar-refractivity contribution in [3.8, 4) is 11.5 Å². The van der Waals surface area contributed by atoms with E-state index in [-0.39, 0.29) is 18.1 Å². The maximum absolute atomic E-state index is 12.9. The van der Waals surface area contributed by atoms with Gasteiger partial charge in [-0.25, -0.2) is 0 Å². The minimum atomic E-state index is -4.46. The first-order chi connectivity index (χ1) is 10.4. The zero-order valence-corrected chi connectivity index (χ0v) is 11.3. The molecule has 0 unspecified atom stereocenters. The molecule has 0 radical (unpaired) electrons. The topological polar surface area (TPSA) is 45.2 Å². The molecule has 3 nitrogen and oxygen atoms in total. The first kappa shape index (κ1) is 14.3. The number of ether oxygens (including phenoxy) is 1. The maximum Gasteiger partial charge on any atom is 0.419 e. The fourth-order valence-electron chi connectivity index (χ4n) is 2.27. The fraction of sp³-hybridized carbons (Fsp3) is 0.125. The second-order valence-electron chi connectivity index (χ2n) is 4.83. The highest BCUT2D eigenvalue weighted by atomic mass is 19.4. The number of fused-ring (bicyclic) bond motifs is 1. The molecule has 0 aliphatic heterocycles. The van der Waals surface area contributed by atoms with Crippen LogP contribution in [0.1, 0.15) is 11.1 Å². The summed E-state index contributed by atoms with van der Waals surface area (Å²) >= 11 is 0. The predicted octanol–water partition coefficient (Wildman–Crippen LogP) is 4.47. The van der Waals surface area contributed by atoms with Gasteiger partial charge in [-0.05, 0) is 30.3 Å². The van der Waals surface area contributed by atoms with E-state index >= 15 is 0 Å². The van der Waals surface area contributed by atoms with Gasteiger partial charge in [-0.2, -0.15) is 13.2 Å². The van der Waals surface area contributed by atoms with Crippen LogP contribution in [0.2, 0.25) is 0 Å². The SMILES string of the molecule is Oc1ccc2[nH]cc(COc3ccccc3C(F)(F)F)c2c1. The van der Waals surface area contributed by atoms with E-state index in [1.54, 1.807) is 18.3 Å². The third-order valence-corrected chi connectivity index (χ3v) is 3.33. The van der Waals surface area contributed by atoms with Crippen molar-refractivity contribution in [3.05, 3.63) is 59.8 Å². The highest BCUT2D eigenvalue weighted by Crippen LogP contribution is 2.36. The van der Waals surface area contributed by atoms with Crippen LogP contribution < -0.4 is 4.74 Å². The minimum absolute atomic E-state index is 0.0312. The van der Waals surface area contributed by atoms with E-state index in [1.807, 2.05) is 0 Å². The summed E-state index contributed by atoms with van der Waals surface area (Å²) in [4.78, 5) is 2.98. The van der Waals surface area contributed by atoms with Crippen molar-refractivity contribution in [2.45, 2.75) is 12.8 Å². The molecule has 0 fully saturated rings. The van der Waals surface area contributed by atoms with Gasteiger partial charge in [0, 0.05) is 22.7 Å². The molecule has 2 aromatic carbocycles. The summed E-state index contributed by atoms with van der Waals surface area (Å²) in [7, 11) is 0. The molecule has 0 saturated heterocycles.